The Kier molecular flexibility index (Phi) is 7.66. The average Bonchev–Trinajstić information content (AvgIpc) is 2.50. The summed E-state index contributed by atoms with van der Waals surface area (Å²) in [6.07, 6.45) is -4.48. The maximum Gasteiger partial charge on any atom is 0.405 e. The molecular formula is C15H20F3N3O3. The summed E-state index contributed by atoms with van der Waals surface area (Å²) in [4.78, 5) is 23.5. The summed E-state index contributed by atoms with van der Waals surface area (Å²) >= 11 is 0. The van der Waals surface area contributed by atoms with Gasteiger partial charge in [0.15, 0.2) is 0 Å². The van der Waals surface area contributed by atoms with Crippen LogP contribution in [0.15, 0.2) is 18.2 Å². The van der Waals surface area contributed by atoms with Crippen LogP contribution < -0.4 is 16.0 Å². The standard InChI is InChI=1S/C15H20F3N3O3/c1-10-3-4-11(14(23)20-9-15(16,17)18)7-12(10)21-13(22)8-19-5-6-24-2/h3-4,7,19H,5-6,8-9H2,1-2H3,(H,20,23)(H,21,22). The highest BCUT2D eigenvalue weighted by Gasteiger charge is 2.28. The molecule has 3 N–H and O–H groups in total. The van der Waals surface area contributed by atoms with Crippen LogP contribution in [0.2, 0.25) is 0 Å². The van der Waals surface area contributed by atoms with Crippen LogP contribution in [0, 0.1) is 6.92 Å². The Hall–Kier alpha value is -2.13. The van der Waals surface area contributed by atoms with Crippen LogP contribution in [0.25, 0.3) is 0 Å². The minimum atomic E-state index is -4.48. The fraction of sp³-hybridized carbons (Fsp3) is 0.467. The molecule has 0 spiro atoms. The minimum Gasteiger partial charge on any atom is -0.383 e. The number of anilines is 1. The monoisotopic (exact) mass is 347 g/mol. The molecule has 0 heterocycles. The fourth-order valence-electron chi connectivity index (χ4n) is 1.75. The highest BCUT2D eigenvalue weighted by molar-refractivity contribution is 5.98. The number of rotatable bonds is 8. The van der Waals surface area contributed by atoms with Crippen molar-refractivity contribution in [2.75, 3.05) is 38.7 Å². The lowest BCUT2D eigenvalue weighted by Gasteiger charge is -2.12. The van der Waals surface area contributed by atoms with Gasteiger partial charge in [-0.2, -0.15) is 13.2 Å². The number of hydrogen-bond donors (Lipinski definition) is 3. The second kappa shape index (κ2) is 9.24. The molecule has 0 aliphatic rings. The van der Waals surface area contributed by atoms with Crippen LogP contribution in [-0.4, -0.2) is 51.3 Å². The zero-order chi connectivity index (χ0) is 18.2. The van der Waals surface area contributed by atoms with E-state index in [-0.39, 0.29) is 18.0 Å². The van der Waals surface area contributed by atoms with Gasteiger partial charge < -0.3 is 20.7 Å². The fourth-order valence-corrected chi connectivity index (χ4v) is 1.75. The number of methoxy groups -OCH3 is 1. The van der Waals surface area contributed by atoms with Crippen LogP contribution in [0.4, 0.5) is 18.9 Å². The van der Waals surface area contributed by atoms with Crippen LogP contribution >= 0.6 is 0 Å². The highest BCUT2D eigenvalue weighted by Crippen LogP contribution is 2.18. The summed E-state index contributed by atoms with van der Waals surface area (Å²) in [5.41, 5.74) is 1.09. The molecule has 6 nitrogen and oxygen atoms in total. The highest BCUT2D eigenvalue weighted by atomic mass is 19.4. The number of carbonyl (C=O) groups excluding carboxylic acids is 2. The van der Waals surface area contributed by atoms with E-state index in [0.29, 0.717) is 24.4 Å². The smallest absolute Gasteiger partial charge is 0.383 e. The van der Waals surface area contributed by atoms with E-state index in [1.54, 1.807) is 25.4 Å². The second-order valence-electron chi connectivity index (χ2n) is 5.05. The molecule has 1 rings (SSSR count). The predicted molar refractivity (Wildman–Crippen MR) is 82.9 cm³/mol. The molecule has 0 fully saturated rings. The Morgan fingerprint density at radius 1 is 1.25 bits per heavy atom. The second-order valence-corrected chi connectivity index (χ2v) is 5.05. The summed E-state index contributed by atoms with van der Waals surface area (Å²) in [6, 6.07) is 4.29. The first-order chi connectivity index (χ1) is 11.2. The summed E-state index contributed by atoms with van der Waals surface area (Å²) in [5.74, 6) is -1.19. The van der Waals surface area contributed by atoms with E-state index in [2.05, 4.69) is 10.6 Å². The van der Waals surface area contributed by atoms with Gasteiger partial charge in [-0.1, -0.05) is 6.07 Å². The quantitative estimate of drug-likeness (QED) is 0.622. The molecule has 2 amide bonds. The maximum absolute atomic E-state index is 12.1. The first-order valence-electron chi connectivity index (χ1n) is 7.18. The van der Waals surface area contributed by atoms with Gasteiger partial charge in [0.05, 0.1) is 13.2 Å². The van der Waals surface area contributed by atoms with Gasteiger partial charge in [-0.25, -0.2) is 0 Å². The minimum absolute atomic E-state index is 0.0347. The molecule has 0 unspecified atom stereocenters. The van der Waals surface area contributed by atoms with Gasteiger partial charge in [0.1, 0.15) is 6.54 Å². The molecular weight excluding hydrogens is 327 g/mol. The molecule has 24 heavy (non-hydrogen) atoms. The number of benzene rings is 1. The van der Waals surface area contributed by atoms with E-state index in [9.17, 15) is 22.8 Å². The molecule has 134 valence electrons. The van der Waals surface area contributed by atoms with E-state index in [0.717, 1.165) is 0 Å². The summed E-state index contributed by atoms with van der Waals surface area (Å²) < 4.78 is 41.2. The van der Waals surface area contributed by atoms with Gasteiger partial charge in [-0.15, -0.1) is 0 Å². The van der Waals surface area contributed by atoms with Crippen LogP contribution in [-0.2, 0) is 9.53 Å². The number of carbonyl (C=O) groups is 2. The molecule has 0 atom stereocenters. The van der Waals surface area contributed by atoms with Gasteiger partial charge in [0.2, 0.25) is 5.91 Å². The van der Waals surface area contributed by atoms with Crippen LogP contribution in [0.1, 0.15) is 15.9 Å². The van der Waals surface area contributed by atoms with Crippen LogP contribution in [0.5, 0.6) is 0 Å². The molecule has 0 saturated heterocycles. The molecule has 0 saturated carbocycles. The molecule has 1 aromatic carbocycles. The van der Waals surface area contributed by atoms with Crippen molar-refractivity contribution < 1.29 is 27.5 Å². The third-order valence-corrected chi connectivity index (χ3v) is 2.99. The van der Waals surface area contributed by atoms with Crippen molar-refractivity contribution in [3.8, 4) is 0 Å². The van der Waals surface area contributed by atoms with Crippen molar-refractivity contribution in [2.24, 2.45) is 0 Å². The van der Waals surface area contributed by atoms with Gasteiger partial charge in [-0.05, 0) is 24.6 Å². The van der Waals surface area contributed by atoms with Gasteiger partial charge in [0.25, 0.3) is 5.91 Å². The summed E-state index contributed by atoms with van der Waals surface area (Å²) in [5, 5.41) is 7.25. The van der Waals surface area contributed by atoms with Crippen molar-refractivity contribution in [1.29, 1.82) is 0 Å². The first-order valence-corrected chi connectivity index (χ1v) is 7.18. The third kappa shape index (κ3) is 7.42. The lowest BCUT2D eigenvalue weighted by Crippen LogP contribution is -2.34. The molecule has 0 aromatic heterocycles. The van der Waals surface area contributed by atoms with Gasteiger partial charge in [-0.3, -0.25) is 9.59 Å². The Balaban J connectivity index is 2.65. The normalized spacial score (nSPS) is 11.2. The third-order valence-electron chi connectivity index (χ3n) is 2.99. The number of hydrogen-bond acceptors (Lipinski definition) is 4. The predicted octanol–water partition coefficient (Wildman–Crippen LogP) is 1.46. The Morgan fingerprint density at radius 2 is 1.96 bits per heavy atom. The summed E-state index contributed by atoms with van der Waals surface area (Å²) in [6.45, 7) is 1.31. The van der Waals surface area contributed by atoms with Crippen molar-refractivity contribution in [2.45, 2.75) is 13.1 Å². The number of amides is 2. The number of nitrogens with one attached hydrogen (secondary N) is 3. The van der Waals surface area contributed by atoms with Crippen molar-refractivity contribution in [3.63, 3.8) is 0 Å². The largest absolute Gasteiger partial charge is 0.405 e. The Morgan fingerprint density at radius 3 is 2.58 bits per heavy atom. The van der Waals surface area contributed by atoms with Crippen molar-refractivity contribution >= 4 is 17.5 Å². The summed E-state index contributed by atoms with van der Waals surface area (Å²) in [7, 11) is 1.54. The molecule has 0 bridgehead atoms. The van der Waals surface area contributed by atoms with E-state index in [1.165, 1.54) is 12.1 Å². The molecule has 9 heteroatoms. The number of aryl methyl sites for hydroxylation is 1. The zero-order valence-electron chi connectivity index (χ0n) is 13.4. The SMILES string of the molecule is COCCNCC(=O)Nc1cc(C(=O)NCC(F)(F)F)ccc1C. The van der Waals surface area contributed by atoms with E-state index in [4.69, 9.17) is 4.74 Å². The molecule has 0 radical (unpaired) electrons. The topological polar surface area (TPSA) is 79.5 Å². The average molecular weight is 347 g/mol. The Labute approximate surface area is 137 Å². The van der Waals surface area contributed by atoms with Gasteiger partial charge in [0, 0.05) is 24.9 Å². The van der Waals surface area contributed by atoms with E-state index < -0.39 is 18.6 Å². The lowest BCUT2D eigenvalue weighted by atomic mass is 10.1. The van der Waals surface area contributed by atoms with Crippen molar-refractivity contribution in [1.82, 2.24) is 10.6 Å². The number of halogens is 3. The molecule has 1 aromatic rings. The van der Waals surface area contributed by atoms with Crippen molar-refractivity contribution in [3.05, 3.63) is 29.3 Å². The maximum atomic E-state index is 12.1. The van der Waals surface area contributed by atoms with Gasteiger partial charge >= 0.3 is 6.18 Å². The first kappa shape index (κ1) is 19.9. The van der Waals surface area contributed by atoms with Crippen LogP contribution in [0.3, 0.4) is 0 Å². The van der Waals surface area contributed by atoms with E-state index in [1.807, 2.05) is 0 Å². The van der Waals surface area contributed by atoms with E-state index >= 15 is 0 Å². The molecule has 0 aliphatic heterocycles. The zero-order valence-corrected chi connectivity index (χ0v) is 13.4. The Bertz CT molecular complexity index is 577. The molecule has 0 aliphatic carbocycles. The number of alkyl halides is 3. The lowest BCUT2D eigenvalue weighted by molar-refractivity contribution is -0.123. The number of ether oxygens (including phenoxy) is 1.